The lowest BCUT2D eigenvalue weighted by molar-refractivity contribution is 0.414. The maximum absolute atomic E-state index is 10.4. The molecule has 172 valence electrons. The molecule has 0 aromatic heterocycles. The monoisotopic (exact) mass is 457 g/mol. The summed E-state index contributed by atoms with van der Waals surface area (Å²) >= 11 is 0. The first-order valence-electron chi connectivity index (χ1n) is 11.8. The number of hydrogen-bond acceptors (Lipinski definition) is 3. The number of methoxy groups -OCH3 is 2. The number of rotatable bonds is 6. The zero-order valence-corrected chi connectivity index (χ0v) is 19.9. The third-order valence-electron chi connectivity index (χ3n) is 6.90. The summed E-state index contributed by atoms with van der Waals surface area (Å²) in [4.78, 5) is 0. The van der Waals surface area contributed by atoms with Gasteiger partial charge in [-0.25, -0.2) is 0 Å². The Labute approximate surface area is 206 Å². The van der Waals surface area contributed by atoms with E-state index in [0.29, 0.717) is 0 Å². The zero-order chi connectivity index (χ0) is 24.2. The van der Waals surface area contributed by atoms with Crippen molar-refractivity contribution < 1.29 is 9.47 Å². The fourth-order valence-electron chi connectivity index (χ4n) is 5.16. The Morgan fingerprint density at radius 3 is 1.86 bits per heavy atom. The van der Waals surface area contributed by atoms with Gasteiger partial charge < -0.3 is 9.47 Å². The smallest absolute Gasteiger partial charge is 0.118 e. The van der Waals surface area contributed by atoms with Crippen molar-refractivity contribution in [1.29, 1.82) is 5.26 Å². The van der Waals surface area contributed by atoms with Crippen molar-refractivity contribution in [2.45, 2.75) is 17.8 Å². The van der Waals surface area contributed by atoms with Gasteiger partial charge in [0.15, 0.2) is 0 Å². The number of ether oxygens (including phenoxy) is 2. The van der Waals surface area contributed by atoms with Crippen molar-refractivity contribution >= 4 is 6.08 Å². The topological polar surface area (TPSA) is 42.2 Å². The maximum atomic E-state index is 10.4. The lowest BCUT2D eigenvalue weighted by atomic mass is 9.65. The first kappa shape index (κ1) is 22.5. The van der Waals surface area contributed by atoms with Crippen LogP contribution in [0.1, 0.15) is 40.0 Å². The van der Waals surface area contributed by atoms with Gasteiger partial charge in [-0.05, 0) is 57.6 Å². The quantitative estimate of drug-likeness (QED) is 0.300. The van der Waals surface area contributed by atoms with Gasteiger partial charge in [-0.15, -0.1) is 0 Å². The highest BCUT2D eigenvalue weighted by atomic mass is 16.5. The lowest BCUT2D eigenvalue weighted by Gasteiger charge is -2.36. The molecule has 4 aromatic rings. The molecule has 0 unspecified atom stereocenters. The van der Waals surface area contributed by atoms with Gasteiger partial charge in [-0.3, -0.25) is 0 Å². The average molecular weight is 458 g/mol. The van der Waals surface area contributed by atoms with E-state index >= 15 is 0 Å². The van der Waals surface area contributed by atoms with Gasteiger partial charge in [-0.1, -0.05) is 84.9 Å². The molecule has 1 aliphatic rings. The lowest BCUT2D eigenvalue weighted by Crippen LogP contribution is -2.22. The van der Waals surface area contributed by atoms with E-state index in [1.54, 1.807) is 14.2 Å². The molecule has 0 radical (unpaired) electrons. The second-order valence-electron chi connectivity index (χ2n) is 8.74. The molecule has 3 nitrogen and oxygen atoms in total. The Kier molecular flexibility index (Phi) is 6.37. The highest BCUT2D eigenvalue weighted by molar-refractivity contribution is 5.76. The van der Waals surface area contributed by atoms with Crippen LogP contribution >= 0.6 is 0 Å². The number of fused-ring (bicyclic) bond motifs is 3. The summed E-state index contributed by atoms with van der Waals surface area (Å²) in [7, 11) is 3.35. The fraction of sp³-hybridized carbons (Fsp3) is 0.156. The van der Waals surface area contributed by atoms with Crippen LogP contribution in [0.25, 0.3) is 17.2 Å². The number of hydrogen-bond donors (Lipinski definition) is 0. The highest BCUT2D eigenvalue weighted by Crippen LogP contribution is 2.52. The second-order valence-corrected chi connectivity index (χ2v) is 8.74. The first-order chi connectivity index (χ1) is 17.2. The van der Waals surface area contributed by atoms with Crippen LogP contribution in [0.5, 0.6) is 11.5 Å². The van der Waals surface area contributed by atoms with Crippen molar-refractivity contribution in [3.8, 4) is 28.7 Å². The molecule has 0 saturated heterocycles. The molecule has 5 rings (SSSR count). The van der Waals surface area contributed by atoms with Crippen LogP contribution in [-0.4, -0.2) is 14.2 Å². The molecule has 3 heteroatoms. The van der Waals surface area contributed by atoms with E-state index in [2.05, 4.69) is 72.8 Å². The van der Waals surface area contributed by atoms with Gasteiger partial charge in [0.05, 0.1) is 26.2 Å². The summed E-state index contributed by atoms with van der Waals surface area (Å²) < 4.78 is 10.7. The van der Waals surface area contributed by atoms with Gasteiger partial charge in [-0.2, -0.15) is 5.26 Å². The molecular weight excluding hydrogens is 430 g/mol. The minimum Gasteiger partial charge on any atom is -0.497 e. The van der Waals surface area contributed by atoms with E-state index < -0.39 is 0 Å². The molecule has 0 amide bonds. The Hall–Kier alpha value is -4.29. The third-order valence-corrected chi connectivity index (χ3v) is 6.90. The van der Waals surface area contributed by atoms with Gasteiger partial charge in [0.25, 0.3) is 0 Å². The molecule has 1 aliphatic carbocycles. The van der Waals surface area contributed by atoms with Crippen LogP contribution in [0, 0.1) is 11.3 Å². The second kappa shape index (κ2) is 9.91. The van der Waals surface area contributed by atoms with E-state index in [-0.39, 0.29) is 17.8 Å². The van der Waals surface area contributed by atoms with E-state index in [4.69, 9.17) is 9.47 Å². The molecule has 0 aliphatic heterocycles. The van der Waals surface area contributed by atoms with Gasteiger partial charge >= 0.3 is 0 Å². The predicted molar refractivity (Wildman–Crippen MR) is 141 cm³/mol. The highest BCUT2D eigenvalue weighted by Gasteiger charge is 2.38. The van der Waals surface area contributed by atoms with Gasteiger partial charge in [0.1, 0.15) is 11.5 Å². The van der Waals surface area contributed by atoms with Crippen LogP contribution < -0.4 is 9.47 Å². The van der Waals surface area contributed by atoms with E-state index in [0.717, 1.165) is 33.8 Å². The molecule has 3 atom stereocenters. The van der Waals surface area contributed by atoms with Crippen molar-refractivity contribution in [2.24, 2.45) is 0 Å². The minimum atomic E-state index is -0.270. The summed E-state index contributed by atoms with van der Waals surface area (Å²) in [6, 6.07) is 35.7. The van der Waals surface area contributed by atoms with Gasteiger partial charge in [0, 0.05) is 11.8 Å². The fourth-order valence-corrected chi connectivity index (χ4v) is 5.16. The molecule has 0 saturated carbocycles. The van der Waals surface area contributed by atoms with Crippen LogP contribution in [0.3, 0.4) is 0 Å². The van der Waals surface area contributed by atoms with E-state index in [9.17, 15) is 5.26 Å². The van der Waals surface area contributed by atoms with E-state index in [1.807, 2.05) is 42.5 Å². The molecule has 0 fully saturated rings. The van der Waals surface area contributed by atoms with Crippen molar-refractivity contribution in [1.82, 2.24) is 0 Å². The predicted octanol–water partition coefficient (Wildman–Crippen LogP) is 7.57. The zero-order valence-electron chi connectivity index (χ0n) is 19.9. The third kappa shape index (κ3) is 4.32. The van der Waals surface area contributed by atoms with Crippen LogP contribution in [0.15, 0.2) is 103 Å². The normalized spacial score (nSPS) is 17.2. The molecule has 4 aromatic carbocycles. The molecule has 35 heavy (non-hydrogen) atoms. The minimum absolute atomic E-state index is 0.0119. The number of benzene rings is 4. The molecule has 0 heterocycles. The largest absolute Gasteiger partial charge is 0.497 e. The van der Waals surface area contributed by atoms with Gasteiger partial charge in [0.2, 0.25) is 0 Å². The number of nitriles is 1. The summed E-state index contributed by atoms with van der Waals surface area (Å²) in [5, 5.41) is 10.4. The average Bonchev–Trinajstić information content (AvgIpc) is 2.93. The summed E-state index contributed by atoms with van der Waals surface area (Å²) in [6.45, 7) is 0. The van der Waals surface area contributed by atoms with Crippen molar-refractivity contribution in [3.63, 3.8) is 0 Å². The Morgan fingerprint density at radius 2 is 1.26 bits per heavy atom. The van der Waals surface area contributed by atoms with Crippen LogP contribution in [0.2, 0.25) is 0 Å². The maximum Gasteiger partial charge on any atom is 0.118 e. The summed E-state index contributed by atoms with van der Waals surface area (Å²) in [5.41, 5.74) is 6.89. The Morgan fingerprint density at radius 1 is 0.714 bits per heavy atom. The van der Waals surface area contributed by atoms with Crippen LogP contribution in [-0.2, 0) is 0 Å². The van der Waals surface area contributed by atoms with Crippen LogP contribution in [0.4, 0.5) is 0 Å². The molecule has 0 N–H and O–H groups in total. The Bertz CT molecular complexity index is 1380. The first-order valence-corrected chi connectivity index (χ1v) is 11.8. The molecular formula is C32H27NO2. The van der Waals surface area contributed by atoms with E-state index in [1.165, 1.54) is 11.1 Å². The van der Waals surface area contributed by atoms with Crippen molar-refractivity contribution in [3.05, 3.63) is 125 Å². The standard InChI is InChI=1S/C32H27NO2/c1-34-24-16-11-22(12-17-24)13-20-26(23-14-18-25(35-2)19-15-23)32-30-10-6-5-8-28(30)27-7-3-4-9-29(27)31(32)21-33/h3-20,26,31-32H,1-2H3/b20-13+/t26-,31+,32+/m1/s1. The molecule has 0 bridgehead atoms. The number of allylic oxidation sites excluding steroid dienone is 1. The summed E-state index contributed by atoms with van der Waals surface area (Å²) in [5.74, 6) is 1.33. The Balaban J connectivity index is 1.66. The molecule has 0 spiro atoms. The SMILES string of the molecule is COc1ccc(/C=C/[C@H](c2ccc(OC)cc2)[C@H]2c3ccccc3-c3ccccc3[C@@H]2C#N)cc1. The van der Waals surface area contributed by atoms with Crippen molar-refractivity contribution in [2.75, 3.05) is 14.2 Å². The number of nitrogens with zero attached hydrogens (tertiary/aromatic N) is 1. The summed E-state index contributed by atoms with van der Waals surface area (Å²) in [6.07, 6.45) is 4.38.